The fourth-order valence-corrected chi connectivity index (χ4v) is 2.84. The van der Waals surface area contributed by atoms with Gasteiger partial charge in [0, 0.05) is 14.1 Å². The van der Waals surface area contributed by atoms with Crippen LogP contribution in [0, 0.1) is 0 Å². The topological polar surface area (TPSA) is 58.1 Å². The van der Waals surface area contributed by atoms with Gasteiger partial charge in [-0.15, -0.1) is 0 Å². The molecule has 1 atom stereocenters. The van der Waals surface area contributed by atoms with Gasteiger partial charge < -0.3 is 10.2 Å². The molecule has 1 unspecified atom stereocenters. The first-order chi connectivity index (χ1) is 8.91. The number of nitrogens with one attached hydrogen (secondary N) is 1. The molecule has 0 aliphatic rings. The van der Waals surface area contributed by atoms with Crippen molar-refractivity contribution < 1.29 is 4.79 Å². The Morgan fingerprint density at radius 1 is 1.32 bits per heavy atom. The van der Waals surface area contributed by atoms with E-state index in [-0.39, 0.29) is 5.91 Å². The van der Waals surface area contributed by atoms with Crippen LogP contribution in [0.2, 0.25) is 10.0 Å². The van der Waals surface area contributed by atoms with Crippen molar-refractivity contribution in [1.82, 2.24) is 13.6 Å². The van der Waals surface area contributed by atoms with E-state index < -0.39 is 6.04 Å². The van der Waals surface area contributed by atoms with Gasteiger partial charge in [0.05, 0.1) is 27.5 Å². The van der Waals surface area contributed by atoms with E-state index in [1.807, 2.05) is 0 Å². The molecule has 0 spiro atoms. The van der Waals surface area contributed by atoms with Crippen LogP contribution in [0.3, 0.4) is 0 Å². The summed E-state index contributed by atoms with van der Waals surface area (Å²) in [4.78, 5) is 13.4. The summed E-state index contributed by atoms with van der Waals surface area (Å²) in [6.45, 7) is 1.76. The molecule has 102 valence electrons. The third kappa shape index (κ3) is 2.75. The van der Waals surface area contributed by atoms with Gasteiger partial charge in [-0.25, -0.2) is 0 Å². The third-order valence-corrected chi connectivity index (χ3v) is 3.73. The number of hydrogen-bond acceptors (Lipinski definition) is 5. The SMILES string of the molecule is CC(Nc1c(Cl)cc(Cl)c2nsnc12)C(=O)N(C)C. The minimum absolute atomic E-state index is 0.0534. The number of aromatic nitrogens is 2. The molecule has 1 amide bonds. The molecule has 0 radical (unpaired) electrons. The summed E-state index contributed by atoms with van der Waals surface area (Å²) in [5.41, 5.74) is 1.75. The minimum Gasteiger partial charge on any atom is -0.371 e. The fourth-order valence-electron chi connectivity index (χ4n) is 1.68. The molecule has 1 N–H and O–H groups in total. The molecule has 1 aromatic heterocycles. The number of halogens is 2. The highest BCUT2D eigenvalue weighted by molar-refractivity contribution is 7.00. The van der Waals surface area contributed by atoms with Crippen LogP contribution in [-0.4, -0.2) is 39.7 Å². The Labute approximate surface area is 124 Å². The first kappa shape index (κ1) is 14.3. The Morgan fingerprint density at radius 3 is 2.58 bits per heavy atom. The number of fused-ring (bicyclic) bond motifs is 1. The summed E-state index contributed by atoms with van der Waals surface area (Å²) < 4.78 is 8.28. The number of hydrogen-bond donors (Lipinski definition) is 1. The van der Waals surface area contributed by atoms with E-state index >= 15 is 0 Å². The van der Waals surface area contributed by atoms with Gasteiger partial charge >= 0.3 is 0 Å². The van der Waals surface area contributed by atoms with Crippen molar-refractivity contribution in [2.24, 2.45) is 0 Å². The molecule has 0 aliphatic carbocycles. The number of benzene rings is 1. The highest BCUT2D eigenvalue weighted by Gasteiger charge is 2.19. The predicted molar refractivity (Wildman–Crippen MR) is 79.2 cm³/mol. The Bertz CT molecular complexity index is 628. The zero-order chi connectivity index (χ0) is 14.2. The van der Waals surface area contributed by atoms with E-state index in [0.717, 1.165) is 11.7 Å². The Kier molecular flexibility index (Phi) is 4.13. The van der Waals surface area contributed by atoms with E-state index in [0.29, 0.717) is 26.8 Å². The molecule has 0 saturated carbocycles. The maximum atomic E-state index is 11.9. The number of carbonyl (C=O) groups is 1. The number of amides is 1. The molecule has 19 heavy (non-hydrogen) atoms. The van der Waals surface area contributed by atoms with Crippen molar-refractivity contribution in [2.75, 3.05) is 19.4 Å². The van der Waals surface area contributed by atoms with E-state index in [1.165, 1.54) is 4.90 Å². The molecule has 0 aliphatic heterocycles. The van der Waals surface area contributed by atoms with Crippen LogP contribution >= 0.6 is 34.9 Å². The average molecular weight is 319 g/mol. The molecular formula is C11H12Cl2N4OS. The molecule has 8 heteroatoms. The van der Waals surface area contributed by atoms with Gasteiger partial charge in [-0.1, -0.05) is 23.2 Å². The fraction of sp³-hybridized carbons (Fsp3) is 0.364. The number of nitrogens with zero attached hydrogens (tertiary/aromatic N) is 3. The number of anilines is 1. The maximum absolute atomic E-state index is 11.9. The highest BCUT2D eigenvalue weighted by atomic mass is 35.5. The lowest BCUT2D eigenvalue weighted by molar-refractivity contribution is -0.129. The van der Waals surface area contributed by atoms with Crippen LogP contribution in [0.5, 0.6) is 0 Å². The second-order valence-corrected chi connectivity index (χ2v) is 5.62. The molecule has 0 saturated heterocycles. The van der Waals surface area contributed by atoms with Gasteiger partial charge in [-0.2, -0.15) is 8.75 Å². The summed E-state index contributed by atoms with van der Waals surface area (Å²) in [7, 11) is 3.40. The summed E-state index contributed by atoms with van der Waals surface area (Å²) in [5, 5.41) is 3.94. The Hall–Kier alpha value is -1.11. The lowest BCUT2D eigenvalue weighted by atomic mass is 10.2. The second-order valence-electron chi connectivity index (χ2n) is 4.28. The Morgan fingerprint density at radius 2 is 1.95 bits per heavy atom. The molecule has 2 rings (SSSR count). The number of rotatable bonds is 3. The quantitative estimate of drug-likeness (QED) is 0.945. The van der Waals surface area contributed by atoms with Gasteiger partial charge in [-0.05, 0) is 13.0 Å². The van der Waals surface area contributed by atoms with Gasteiger partial charge in [0.15, 0.2) is 0 Å². The number of carbonyl (C=O) groups excluding carboxylic acids is 1. The van der Waals surface area contributed by atoms with E-state index in [2.05, 4.69) is 14.1 Å². The van der Waals surface area contributed by atoms with Crippen molar-refractivity contribution in [1.29, 1.82) is 0 Å². The van der Waals surface area contributed by atoms with Crippen LogP contribution in [0.25, 0.3) is 11.0 Å². The number of likely N-dealkylation sites (N-methyl/N-ethyl adjacent to an activating group) is 1. The first-order valence-electron chi connectivity index (χ1n) is 5.49. The lowest BCUT2D eigenvalue weighted by Gasteiger charge is -2.19. The third-order valence-electron chi connectivity index (χ3n) is 2.62. The van der Waals surface area contributed by atoms with E-state index in [9.17, 15) is 4.79 Å². The highest BCUT2D eigenvalue weighted by Crippen LogP contribution is 2.35. The van der Waals surface area contributed by atoms with Crippen molar-refractivity contribution in [3.63, 3.8) is 0 Å². The van der Waals surface area contributed by atoms with Crippen LogP contribution in [-0.2, 0) is 4.79 Å². The van der Waals surface area contributed by atoms with Crippen LogP contribution in [0.15, 0.2) is 6.07 Å². The maximum Gasteiger partial charge on any atom is 0.244 e. The monoisotopic (exact) mass is 318 g/mol. The van der Waals surface area contributed by atoms with Crippen molar-refractivity contribution in [3.8, 4) is 0 Å². The molecule has 1 aromatic carbocycles. The van der Waals surface area contributed by atoms with Crippen molar-refractivity contribution >= 4 is 57.6 Å². The van der Waals surface area contributed by atoms with Crippen LogP contribution in [0.1, 0.15) is 6.92 Å². The summed E-state index contributed by atoms with van der Waals surface area (Å²) in [6, 6.07) is 1.18. The summed E-state index contributed by atoms with van der Waals surface area (Å²) in [6.07, 6.45) is 0. The summed E-state index contributed by atoms with van der Waals surface area (Å²) in [5.74, 6) is -0.0534. The molecule has 1 heterocycles. The minimum atomic E-state index is -0.418. The average Bonchev–Trinajstić information content (AvgIpc) is 2.82. The second kappa shape index (κ2) is 5.48. The van der Waals surface area contributed by atoms with Gasteiger partial charge in [0.25, 0.3) is 0 Å². The molecule has 2 aromatic rings. The zero-order valence-corrected chi connectivity index (χ0v) is 12.9. The molecule has 5 nitrogen and oxygen atoms in total. The molecular weight excluding hydrogens is 307 g/mol. The Balaban J connectivity index is 2.40. The van der Waals surface area contributed by atoms with Crippen molar-refractivity contribution in [3.05, 3.63) is 16.1 Å². The van der Waals surface area contributed by atoms with Gasteiger partial charge in [0.1, 0.15) is 17.1 Å². The first-order valence-corrected chi connectivity index (χ1v) is 6.98. The van der Waals surface area contributed by atoms with Gasteiger partial charge in [-0.3, -0.25) is 4.79 Å². The normalized spacial score (nSPS) is 12.5. The zero-order valence-electron chi connectivity index (χ0n) is 10.6. The van der Waals surface area contributed by atoms with Crippen LogP contribution in [0.4, 0.5) is 5.69 Å². The molecule has 0 bridgehead atoms. The van der Waals surface area contributed by atoms with Crippen LogP contribution < -0.4 is 5.32 Å². The van der Waals surface area contributed by atoms with E-state index in [4.69, 9.17) is 23.2 Å². The van der Waals surface area contributed by atoms with Crippen molar-refractivity contribution in [2.45, 2.75) is 13.0 Å². The van der Waals surface area contributed by atoms with Gasteiger partial charge in [0.2, 0.25) is 5.91 Å². The standard InChI is InChI=1S/C11H12Cl2N4OS/c1-5(11(18)17(2)3)14-8-6(12)4-7(13)9-10(8)16-19-15-9/h4-5,14H,1-3H3. The predicted octanol–water partition coefficient (Wildman–Crippen LogP) is 2.89. The molecule has 0 fully saturated rings. The summed E-state index contributed by atoms with van der Waals surface area (Å²) >= 11 is 13.3. The smallest absolute Gasteiger partial charge is 0.244 e. The lowest BCUT2D eigenvalue weighted by Crippen LogP contribution is -2.36. The largest absolute Gasteiger partial charge is 0.371 e. The van der Waals surface area contributed by atoms with E-state index in [1.54, 1.807) is 27.1 Å².